The van der Waals surface area contributed by atoms with E-state index in [4.69, 9.17) is 14.2 Å². The molecular weight excluding hydrogens is 354 g/mol. The van der Waals surface area contributed by atoms with Crippen molar-refractivity contribution in [2.24, 2.45) is 0 Å². The molecule has 8 heteroatoms. The van der Waals surface area contributed by atoms with Crippen molar-refractivity contribution in [3.63, 3.8) is 0 Å². The van der Waals surface area contributed by atoms with E-state index in [1.165, 1.54) is 23.9 Å². The molecule has 0 aliphatic heterocycles. The molecule has 1 aromatic heterocycles. The Kier molecular flexibility index (Phi) is 6.59. The largest absolute Gasteiger partial charge is 0.497 e. The van der Waals surface area contributed by atoms with Gasteiger partial charge in [0.15, 0.2) is 0 Å². The Hall–Kier alpha value is -3.29. The van der Waals surface area contributed by atoms with Gasteiger partial charge in [0, 0.05) is 18.8 Å². The molecule has 1 heterocycles. The first-order valence-corrected chi connectivity index (χ1v) is 8.27. The molecule has 27 heavy (non-hydrogen) atoms. The molecule has 0 unspecified atom stereocenters. The third-order valence-corrected chi connectivity index (χ3v) is 3.99. The number of aryl methyl sites for hydroxylation is 2. The Morgan fingerprint density at radius 1 is 1.15 bits per heavy atom. The zero-order chi connectivity index (χ0) is 20.0. The molecule has 0 aliphatic carbocycles. The van der Waals surface area contributed by atoms with Crippen LogP contribution in [0.25, 0.3) is 0 Å². The maximum absolute atomic E-state index is 12.5. The van der Waals surface area contributed by atoms with Crippen molar-refractivity contribution in [3.05, 3.63) is 57.5 Å². The third-order valence-electron chi connectivity index (χ3n) is 3.99. The minimum atomic E-state index is -1.47. The Bertz CT molecular complexity index is 901. The summed E-state index contributed by atoms with van der Waals surface area (Å²) in [6.45, 7) is 1.89. The van der Waals surface area contributed by atoms with Crippen LogP contribution < -0.4 is 15.0 Å². The van der Waals surface area contributed by atoms with Crippen LogP contribution in [0.15, 0.2) is 35.3 Å². The molecule has 2 aromatic rings. The summed E-state index contributed by atoms with van der Waals surface area (Å²) in [4.78, 5) is 35.9. The van der Waals surface area contributed by atoms with E-state index in [1.807, 2.05) is 6.07 Å². The topological polar surface area (TPSA) is 104 Å². The fraction of sp³-hybridized carbons (Fsp3) is 0.316. The van der Waals surface area contributed by atoms with E-state index in [-0.39, 0.29) is 18.7 Å². The average molecular weight is 375 g/mol. The summed E-state index contributed by atoms with van der Waals surface area (Å²) >= 11 is 0. The minimum absolute atomic E-state index is 0.0816. The van der Waals surface area contributed by atoms with Crippen molar-refractivity contribution in [1.29, 1.82) is 0 Å². The van der Waals surface area contributed by atoms with E-state index in [1.54, 1.807) is 26.2 Å². The zero-order valence-electron chi connectivity index (χ0n) is 15.4. The number of carbonyl (C=O) groups is 2. The third kappa shape index (κ3) is 4.46. The lowest BCUT2D eigenvalue weighted by molar-refractivity contribution is 0.0513. The maximum Gasteiger partial charge on any atom is 0.342 e. The molecule has 0 spiro atoms. The van der Waals surface area contributed by atoms with Crippen molar-refractivity contribution in [3.8, 4) is 11.5 Å². The van der Waals surface area contributed by atoms with Crippen molar-refractivity contribution in [1.82, 2.24) is 4.57 Å². The van der Waals surface area contributed by atoms with Crippen molar-refractivity contribution >= 4 is 11.9 Å². The lowest BCUT2D eigenvalue weighted by Gasteiger charge is -2.13. The van der Waals surface area contributed by atoms with E-state index in [0.717, 1.165) is 5.56 Å². The number of aromatic nitrogens is 1. The average Bonchev–Trinajstić information content (AvgIpc) is 2.66. The van der Waals surface area contributed by atoms with Gasteiger partial charge in [0.1, 0.15) is 17.1 Å². The van der Waals surface area contributed by atoms with E-state index in [9.17, 15) is 19.5 Å². The number of ether oxygens (including phenoxy) is 3. The van der Waals surface area contributed by atoms with Crippen LogP contribution in [0.4, 0.5) is 0 Å². The zero-order valence-corrected chi connectivity index (χ0v) is 15.4. The van der Waals surface area contributed by atoms with Gasteiger partial charge in [-0.15, -0.1) is 0 Å². The molecule has 0 amide bonds. The summed E-state index contributed by atoms with van der Waals surface area (Å²) in [6, 6.07) is 6.60. The second-order valence-electron chi connectivity index (χ2n) is 5.56. The number of hydrogen-bond acceptors (Lipinski definition) is 6. The first kappa shape index (κ1) is 20.0. The molecule has 0 fully saturated rings. The fourth-order valence-corrected chi connectivity index (χ4v) is 2.64. The lowest BCUT2D eigenvalue weighted by atomic mass is 10.1. The summed E-state index contributed by atoms with van der Waals surface area (Å²) in [6.07, 6.45) is 1.81. The number of aromatic carboxylic acids is 1. The monoisotopic (exact) mass is 375 g/mol. The van der Waals surface area contributed by atoms with Gasteiger partial charge in [-0.2, -0.15) is 0 Å². The first-order chi connectivity index (χ1) is 12.9. The number of nitrogens with zero attached hydrogens (tertiary/aromatic N) is 1. The normalized spacial score (nSPS) is 10.3. The molecule has 144 valence electrons. The van der Waals surface area contributed by atoms with Crippen molar-refractivity contribution < 1.29 is 28.9 Å². The Morgan fingerprint density at radius 3 is 2.48 bits per heavy atom. The smallest absolute Gasteiger partial charge is 0.342 e. The molecule has 8 nitrogen and oxygen atoms in total. The highest BCUT2D eigenvalue weighted by Gasteiger charge is 2.22. The minimum Gasteiger partial charge on any atom is -0.497 e. The molecule has 0 saturated carbocycles. The quantitative estimate of drug-likeness (QED) is 0.704. The number of rotatable bonds is 8. The van der Waals surface area contributed by atoms with Crippen LogP contribution in [0.1, 0.15) is 33.2 Å². The Balaban J connectivity index is 2.33. The van der Waals surface area contributed by atoms with E-state index >= 15 is 0 Å². The van der Waals surface area contributed by atoms with Crippen LogP contribution >= 0.6 is 0 Å². The van der Waals surface area contributed by atoms with Gasteiger partial charge in [0.2, 0.25) is 0 Å². The fourth-order valence-electron chi connectivity index (χ4n) is 2.64. The summed E-state index contributed by atoms with van der Waals surface area (Å²) in [5.74, 6) is -1.07. The standard InChI is InChI=1S/C19H21NO7/c1-4-27-19(24)14-8-10-20(17(21)16(14)18(22)23)9-7-12-5-6-13(25-2)11-15(12)26-3/h5-6,8,10-11H,4,7,9H2,1-3H3,(H,22,23). The predicted molar refractivity (Wildman–Crippen MR) is 96.9 cm³/mol. The van der Waals surface area contributed by atoms with Gasteiger partial charge < -0.3 is 23.9 Å². The Labute approximate surface area is 155 Å². The van der Waals surface area contributed by atoms with Gasteiger partial charge in [-0.05, 0) is 31.0 Å². The second kappa shape index (κ2) is 8.88. The number of benzene rings is 1. The molecular formula is C19H21NO7. The van der Waals surface area contributed by atoms with Crippen LogP contribution in [-0.4, -0.2) is 42.4 Å². The van der Waals surface area contributed by atoms with Crippen LogP contribution in [0.5, 0.6) is 11.5 Å². The molecule has 0 aliphatic rings. The highest BCUT2D eigenvalue weighted by molar-refractivity contribution is 6.02. The Morgan fingerprint density at radius 2 is 1.89 bits per heavy atom. The van der Waals surface area contributed by atoms with Gasteiger partial charge in [-0.3, -0.25) is 4.79 Å². The molecule has 0 saturated heterocycles. The van der Waals surface area contributed by atoms with Gasteiger partial charge >= 0.3 is 11.9 Å². The maximum atomic E-state index is 12.5. The molecule has 0 bridgehead atoms. The summed E-state index contributed by atoms with van der Waals surface area (Å²) in [5.41, 5.74) is -0.789. The summed E-state index contributed by atoms with van der Waals surface area (Å²) in [5, 5.41) is 9.36. The van der Waals surface area contributed by atoms with Crippen LogP contribution in [0, 0.1) is 0 Å². The highest BCUT2D eigenvalue weighted by Crippen LogP contribution is 2.25. The second-order valence-corrected chi connectivity index (χ2v) is 5.56. The number of carboxylic acid groups (broad SMARTS) is 1. The van der Waals surface area contributed by atoms with Crippen molar-refractivity contribution in [2.45, 2.75) is 19.9 Å². The van der Waals surface area contributed by atoms with Crippen molar-refractivity contribution in [2.75, 3.05) is 20.8 Å². The number of pyridine rings is 1. The molecule has 2 rings (SSSR count). The first-order valence-electron chi connectivity index (χ1n) is 8.27. The highest BCUT2D eigenvalue weighted by atomic mass is 16.5. The van der Waals surface area contributed by atoms with Gasteiger partial charge in [0.25, 0.3) is 5.56 Å². The van der Waals surface area contributed by atoms with Crippen LogP contribution in [0.3, 0.4) is 0 Å². The molecule has 1 N–H and O–H groups in total. The summed E-state index contributed by atoms with van der Waals surface area (Å²) < 4.78 is 16.5. The van der Waals surface area contributed by atoms with Crippen LogP contribution in [-0.2, 0) is 17.7 Å². The number of esters is 1. The predicted octanol–water partition coefficient (Wildman–Crippen LogP) is 1.98. The van der Waals surface area contributed by atoms with E-state index in [0.29, 0.717) is 17.9 Å². The molecule has 0 radical (unpaired) electrons. The van der Waals surface area contributed by atoms with Gasteiger partial charge in [0.05, 0.1) is 26.4 Å². The van der Waals surface area contributed by atoms with Gasteiger partial charge in [-0.25, -0.2) is 9.59 Å². The summed E-state index contributed by atoms with van der Waals surface area (Å²) in [7, 11) is 3.08. The molecule has 0 atom stereocenters. The SMILES string of the molecule is CCOC(=O)c1ccn(CCc2ccc(OC)cc2OC)c(=O)c1C(=O)O. The number of carbonyl (C=O) groups excluding carboxylic acids is 1. The van der Waals surface area contributed by atoms with E-state index < -0.39 is 23.1 Å². The number of methoxy groups -OCH3 is 2. The van der Waals surface area contributed by atoms with Gasteiger partial charge in [-0.1, -0.05) is 6.07 Å². The lowest BCUT2D eigenvalue weighted by Crippen LogP contribution is -2.30. The van der Waals surface area contributed by atoms with E-state index in [2.05, 4.69) is 0 Å². The molecule has 1 aromatic carbocycles. The number of carboxylic acids is 1. The number of hydrogen-bond donors (Lipinski definition) is 1. The van der Waals surface area contributed by atoms with Crippen LogP contribution in [0.2, 0.25) is 0 Å².